The van der Waals surface area contributed by atoms with Gasteiger partial charge in [-0.15, -0.1) is 11.3 Å². The van der Waals surface area contributed by atoms with Gasteiger partial charge in [-0.3, -0.25) is 14.0 Å². The van der Waals surface area contributed by atoms with E-state index in [1.807, 2.05) is 53.9 Å². The summed E-state index contributed by atoms with van der Waals surface area (Å²) in [6.07, 6.45) is 1.81. The Hall–Kier alpha value is -3.76. The molecule has 0 unspecified atom stereocenters. The molecule has 34 heavy (non-hydrogen) atoms. The maximum atomic E-state index is 12.6. The number of amides is 2. The second kappa shape index (κ2) is 10.0. The van der Waals surface area contributed by atoms with Crippen LogP contribution in [0.3, 0.4) is 0 Å². The number of aryl methyl sites for hydroxylation is 1. The van der Waals surface area contributed by atoms with E-state index in [2.05, 4.69) is 20.9 Å². The molecule has 0 radical (unpaired) electrons. The lowest BCUT2D eigenvalue weighted by Crippen LogP contribution is -2.31. The first-order valence-electron chi connectivity index (χ1n) is 10.8. The van der Waals surface area contributed by atoms with Crippen molar-refractivity contribution in [1.29, 1.82) is 0 Å². The minimum Gasteiger partial charge on any atom is -0.355 e. The molecule has 1 aromatic carbocycles. The Morgan fingerprint density at radius 2 is 1.76 bits per heavy atom. The van der Waals surface area contributed by atoms with Gasteiger partial charge >= 0.3 is 0 Å². The molecule has 0 spiro atoms. The maximum Gasteiger partial charge on any atom is 0.252 e. The number of hydrogen-bond acceptors (Lipinski definition) is 7. The van der Waals surface area contributed by atoms with Crippen LogP contribution < -0.4 is 16.0 Å². The molecule has 176 valence electrons. The topological polar surface area (TPSA) is 104 Å². The number of rotatable bonds is 8. The number of nitrogens with zero attached hydrogens (tertiary/aromatic N) is 4. The minimum absolute atomic E-state index is 0.123. The Morgan fingerprint density at radius 3 is 2.47 bits per heavy atom. The predicted molar refractivity (Wildman–Crippen MR) is 135 cm³/mol. The van der Waals surface area contributed by atoms with E-state index in [-0.39, 0.29) is 11.8 Å². The Labute approximate surface area is 201 Å². The summed E-state index contributed by atoms with van der Waals surface area (Å²) in [4.78, 5) is 35.7. The van der Waals surface area contributed by atoms with Crippen LogP contribution in [-0.2, 0) is 0 Å². The molecular weight excluding hydrogens is 450 g/mol. The SMILES string of the molecule is CNC(=O)c1ccc(Nc2nc(-c3c(C)nc4ccc(C(=O)NCCN(C)C)cn34)cs2)cc1. The third-order valence-corrected chi connectivity index (χ3v) is 6.03. The summed E-state index contributed by atoms with van der Waals surface area (Å²) >= 11 is 1.47. The zero-order chi connectivity index (χ0) is 24.2. The van der Waals surface area contributed by atoms with Crippen LogP contribution in [0.2, 0.25) is 0 Å². The van der Waals surface area contributed by atoms with Gasteiger partial charge in [0.15, 0.2) is 5.13 Å². The highest BCUT2D eigenvalue weighted by Gasteiger charge is 2.16. The highest BCUT2D eigenvalue weighted by atomic mass is 32.1. The van der Waals surface area contributed by atoms with Crippen LogP contribution in [0.4, 0.5) is 10.8 Å². The summed E-state index contributed by atoms with van der Waals surface area (Å²) < 4.78 is 1.91. The molecule has 3 N–H and O–H groups in total. The van der Waals surface area contributed by atoms with Gasteiger partial charge < -0.3 is 20.9 Å². The number of thiazole rings is 1. The number of hydrogen-bond donors (Lipinski definition) is 3. The van der Waals surface area contributed by atoms with Crippen molar-refractivity contribution in [2.24, 2.45) is 0 Å². The zero-order valence-electron chi connectivity index (χ0n) is 19.5. The van der Waals surface area contributed by atoms with Crippen molar-refractivity contribution in [2.45, 2.75) is 6.92 Å². The number of anilines is 2. The van der Waals surface area contributed by atoms with Crippen molar-refractivity contribution in [1.82, 2.24) is 29.9 Å². The highest BCUT2D eigenvalue weighted by Crippen LogP contribution is 2.30. The molecule has 0 saturated carbocycles. The molecular formula is C24H27N7O2S. The van der Waals surface area contributed by atoms with Crippen LogP contribution in [0, 0.1) is 6.92 Å². The molecule has 10 heteroatoms. The Kier molecular flexibility index (Phi) is 6.90. The number of nitrogens with one attached hydrogen (secondary N) is 3. The summed E-state index contributed by atoms with van der Waals surface area (Å²) in [6.45, 7) is 3.28. The number of carbonyl (C=O) groups excluding carboxylic acids is 2. The number of pyridine rings is 1. The highest BCUT2D eigenvalue weighted by molar-refractivity contribution is 7.14. The number of fused-ring (bicyclic) bond motifs is 1. The molecule has 0 saturated heterocycles. The fourth-order valence-electron chi connectivity index (χ4n) is 3.51. The first-order valence-corrected chi connectivity index (χ1v) is 11.7. The molecule has 4 rings (SSSR count). The van der Waals surface area contributed by atoms with Gasteiger partial charge in [-0.2, -0.15) is 0 Å². The molecule has 3 heterocycles. The van der Waals surface area contributed by atoms with Gasteiger partial charge in [0, 0.05) is 43.0 Å². The summed E-state index contributed by atoms with van der Waals surface area (Å²) in [5.41, 5.74) is 5.19. The van der Waals surface area contributed by atoms with Gasteiger partial charge in [0.1, 0.15) is 11.3 Å². The number of aromatic nitrogens is 3. The molecule has 3 aromatic heterocycles. The molecule has 9 nitrogen and oxygen atoms in total. The van der Waals surface area contributed by atoms with Crippen LogP contribution in [0.1, 0.15) is 26.4 Å². The third-order valence-electron chi connectivity index (χ3n) is 5.27. The summed E-state index contributed by atoms with van der Waals surface area (Å²) in [6, 6.07) is 10.8. The fraction of sp³-hybridized carbons (Fsp3) is 0.250. The average molecular weight is 478 g/mol. The summed E-state index contributed by atoms with van der Waals surface area (Å²) in [5, 5.41) is 11.5. The number of carbonyl (C=O) groups is 2. The van der Waals surface area contributed by atoms with Crippen LogP contribution in [0.25, 0.3) is 17.0 Å². The van der Waals surface area contributed by atoms with Crippen molar-refractivity contribution in [2.75, 3.05) is 39.5 Å². The van der Waals surface area contributed by atoms with Crippen LogP contribution >= 0.6 is 11.3 Å². The van der Waals surface area contributed by atoms with Crippen molar-refractivity contribution >= 4 is 39.6 Å². The van der Waals surface area contributed by atoms with Crippen molar-refractivity contribution < 1.29 is 9.59 Å². The zero-order valence-corrected chi connectivity index (χ0v) is 20.4. The number of benzene rings is 1. The summed E-state index contributed by atoms with van der Waals surface area (Å²) in [5.74, 6) is -0.251. The molecule has 0 aliphatic heterocycles. The van der Waals surface area contributed by atoms with Crippen LogP contribution in [0.5, 0.6) is 0 Å². The van der Waals surface area contributed by atoms with Gasteiger partial charge in [0.05, 0.1) is 17.0 Å². The molecule has 0 aliphatic rings. The second-order valence-electron chi connectivity index (χ2n) is 8.07. The lowest BCUT2D eigenvalue weighted by molar-refractivity contribution is 0.0946. The van der Waals surface area contributed by atoms with Gasteiger partial charge in [0.2, 0.25) is 0 Å². The lowest BCUT2D eigenvalue weighted by Gasteiger charge is -2.10. The maximum absolute atomic E-state index is 12.6. The second-order valence-corrected chi connectivity index (χ2v) is 8.93. The van der Waals surface area contributed by atoms with Gasteiger partial charge in [-0.25, -0.2) is 9.97 Å². The van der Waals surface area contributed by atoms with Crippen molar-refractivity contribution in [3.8, 4) is 11.4 Å². The first kappa shape index (κ1) is 23.4. The van der Waals surface area contributed by atoms with E-state index in [9.17, 15) is 9.59 Å². The van der Waals surface area contributed by atoms with E-state index >= 15 is 0 Å². The number of imidazole rings is 1. The minimum atomic E-state index is -0.128. The van der Waals surface area contributed by atoms with Crippen molar-refractivity contribution in [3.05, 3.63) is 64.8 Å². The normalized spacial score (nSPS) is 11.1. The Bertz CT molecular complexity index is 1330. The first-order chi connectivity index (χ1) is 16.4. The van der Waals surface area contributed by atoms with E-state index in [0.29, 0.717) is 17.7 Å². The lowest BCUT2D eigenvalue weighted by atomic mass is 10.2. The average Bonchev–Trinajstić information content (AvgIpc) is 3.40. The molecule has 0 atom stereocenters. The predicted octanol–water partition coefficient (Wildman–Crippen LogP) is 3.16. The van der Waals surface area contributed by atoms with E-state index in [1.54, 1.807) is 31.4 Å². The third kappa shape index (κ3) is 5.08. The largest absolute Gasteiger partial charge is 0.355 e. The van der Waals surface area contributed by atoms with E-state index in [4.69, 9.17) is 4.98 Å². The van der Waals surface area contributed by atoms with Crippen LogP contribution in [0.15, 0.2) is 48.0 Å². The fourth-order valence-corrected chi connectivity index (χ4v) is 4.23. The van der Waals surface area contributed by atoms with Crippen LogP contribution in [-0.4, -0.2) is 65.3 Å². The number of likely N-dealkylation sites (N-methyl/N-ethyl adjacent to an activating group) is 1. The van der Waals surface area contributed by atoms with Gasteiger partial charge in [0.25, 0.3) is 11.8 Å². The van der Waals surface area contributed by atoms with Gasteiger partial charge in [-0.1, -0.05) is 0 Å². The van der Waals surface area contributed by atoms with Crippen molar-refractivity contribution in [3.63, 3.8) is 0 Å². The standard InChI is InChI=1S/C24H27N7O2S/c1-15-21(31-13-17(7-10-20(31)27-15)23(33)26-11-12-30(3)4)19-14-34-24(29-19)28-18-8-5-16(6-9-18)22(32)25-2/h5-10,13-14H,11-12H2,1-4H3,(H,25,32)(H,26,33)(H,28,29). The van der Waals surface area contributed by atoms with E-state index in [0.717, 1.165) is 40.1 Å². The summed E-state index contributed by atoms with van der Waals surface area (Å²) in [7, 11) is 5.54. The quantitative estimate of drug-likeness (QED) is 0.360. The molecule has 4 aromatic rings. The Morgan fingerprint density at radius 1 is 1.03 bits per heavy atom. The van der Waals surface area contributed by atoms with E-state index in [1.165, 1.54) is 11.3 Å². The van der Waals surface area contributed by atoms with E-state index < -0.39 is 0 Å². The molecule has 0 fully saturated rings. The smallest absolute Gasteiger partial charge is 0.252 e. The molecule has 0 aliphatic carbocycles. The monoisotopic (exact) mass is 477 g/mol. The Balaban J connectivity index is 1.56. The van der Waals surface area contributed by atoms with Gasteiger partial charge in [-0.05, 0) is 57.4 Å². The molecule has 2 amide bonds. The molecule has 0 bridgehead atoms.